The highest BCUT2D eigenvalue weighted by Crippen LogP contribution is 2.42. The molecule has 2 aliphatic heterocycles. The summed E-state index contributed by atoms with van der Waals surface area (Å²) in [7, 11) is 0. The van der Waals surface area contributed by atoms with Crippen molar-refractivity contribution in [2.75, 3.05) is 13.2 Å². The molecule has 2 saturated heterocycles. The second kappa shape index (κ2) is 5.59. The van der Waals surface area contributed by atoms with E-state index in [-0.39, 0.29) is 24.0 Å². The van der Waals surface area contributed by atoms with Crippen molar-refractivity contribution in [1.29, 1.82) is 0 Å². The Hall–Kier alpha value is -1.10. The van der Waals surface area contributed by atoms with Crippen LogP contribution in [0.1, 0.15) is 52.4 Å². The molecule has 0 radical (unpaired) electrons. The zero-order chi connectivity index (χ0) is 15.0. The first kappa shape index (κ1) is 14.8. The summed E-state index contributed by atoms with van der Waals surface area (Å²) in [6.07, 6.45) is 6.57. The summed E-state index contributed by atoms with van der Waals surface area (Å²) >= 11 is 0. The van der Waals surface area contributed by atoms with Crippen LogP contribution in [0.5, 0.6) is 0 Å². The lowest BCUT2D eigenvalue weighted by Gasteiger charge is -2.44. The van der Waals surface area contributed by atoms with E-state index in [4.69, 9.17) is 4.74 Å². The van der Waals surface area contributed by atoms with Crippen LogP contribution in [0, 0.1) is 5.92 Å². The van der Waals surface area contributed by atoms with Gasteiger partial charge >= 0.3 is 0 Å². The third-order valence-corrected chi connectivity index (χ3v) is 5.29. The summed E-state index contributed by atoms with van der Waals surface area (Å²) in [5.41, 5.74) is -0.684. The number of carbonyl (C=O) groups excluding carboxylic acids is 2. The first-order valence-corrected chi connectivity index (χ1v) is 8.27. The van der Waals surface area contributed by atoms with Gasteiger partial charge in [0.2, 0.25) is 11.8 Å². The van der Waals surface area contributed by atoms with Gasteiger partial charge in [-0.05, 0) is 58.3 Å². The number of rotatable bonds is 4. The number of ether oxygens (including phenoxy) is 1. The van der Waals surface area contributed by atoms with Crippen molar-refractivity contribution in [3.63, 3.8) is 0 Å². The minimum Gasteiger partial charge on any atom is -0.378 e. The molecule has 0 aromatic carbocycles. The highest BCUT2D eigenvalue weighted by molar-refractivity contribution is 5.99. The number of piperazine rings is 1. The van der Waals surface area contributed by atoms with Gasteiger partial charge in [0, 0.05) is 13.2 Å². The number of carbonyl (C=O) groups is 2. The quantitative estimate of drug-likeness (QED) is 0.854. The van der Waals surface area contributed by atoms with Crippen LogP contribution in [-0.4, -0.2) is 47.6 Å². The molecule has 0 aromatic heterocycles. The Balaban J connectivity index is 1.66. The van der Waals surface area contributed by atoms with E-state index in [0.29, 0.717) is 12.5 Å². The molecule has 5 heteroatoms. The van der Waals surface area contributed by atoms with Crippen molar-refractivity contribution >= 4 is 11.8 Å². The van der Waals surface area contributed by atoms with Crippen molar-refractivity contribution < 1.29 is 14.3 Å². The highest BCUT2D eigenvalue weighted by atomic mass is 16.5. The minimum absolute atomic E-state index is 0.0198. The summed E-state index contributed by atoms with van der Waals surface area (Å²) in [6.45, 7) is 5.16. The van der Waals surface area contributed by atoms with Gasteiger partial charge in [-0.25, -0.2) is 0 Å². The van der Waals surface area contributed by atoms with Crippen molar-refractivity contribution in [3.05, 3.63) is 0 Å². The van der Waals surface area contributed by atoms with E-state index in [1.807, 2.05) is 13.8 Å². The Kier molecular flexibility index (Phi) is 3.95. The summed E-state index contributed by atoms with van der Waals surface area (Å²) in [5, 5.41) is 2.96. The zero-order valence-corrected chi connectivity index (χ0v) is 13.1. The second-order valence-electron chi connectivity index (χ2n) is 6.92. The molecular weight excluding hydrogens is 268 g/mol. The SMILES string of the molecule is CC1C(=O)NC(C)(C2CC2)C(=O)N1CCC1CCCCO1. The lowest BCUT2D eigenvalue weighted by Crippen LogP contribution is -2.69. The van der Waals surface area contributed by atoms with E-state index in [1.54, 1.807) is 4.90 Å². The standard InChI is InChI=1S/C16H26N2O3/c1-11-14(19)17-16(2,12-6-7-12)15(20)18(11)9-8-13-5-3-4-10-21-13/h11-13H,3-10H2,1-2H3,(H,17,19). The molecule has 2 heterocycles. The van der Waals surface area contributed by atoms with Gasteiger partial charge in [-0.1, -0.05) is 0 Å². The molecule has 1 N–H and O–H groups in total. The summed E-state index contributed by atoms with van der Waals surface area (Å²) in [5.74, 6) is 0.386. The normalized spacial score (nSPS) is 37.5. The van der Waals surface area contributed by atoms with E-state index in [0.717, 1.165) is 38.7 Å². The van der Waals surface area contributed by atoms with Crippen LogP contribution in [0.4, 0.5) is 0 Å². The fourth-order valence-electron chi connectivity index (χ4n) is 3.58. The number of hydrogen-bond acceptors (Lipinski definition) is 3. The molecule has 1 saturated carbocycles. The number of hydrogen-bond donors (Lipinski definition) is 1. The number of nitrogens with one attached hydrogen (secondary N) is 1. The van der Waals surface area contributed by atoms with Gasteiger partial charge in [-0.15, -0.1) is 0 Å². The van der Waals surface area contributed by atoms with Gasteiger partial charge in [0.05, 0.1) is 6.10 Å². The largest absolute Gasteiger partial charge is 0.378 e. The Bertz CT molecular complexity index is 429. The maximum Gasteiger partial charge on any atom is 0.249 e. The van der Waals surface area contributed by atoms with E-state index in [9.17, 15) is 9.59 Å². The average Bonchev–Trinajstić information content (AvgIpc) is 3.31. The molecular formula is C16H26N2O3. The van der Waals surface area contributed by atoms with Crippen LogP contribution in [0.2, 0.25) is 0 Å². The van der Waals surface area contributed by atoms with Crippen LogP contribution >= 0.6 is 0 Å². The zero-order valence-electron chi connectivity index (χ0n) is 13.1. The van der Waals surface area contributed by atoms with Gasteiger partial charge < -0.3 is 15.0 Å². The van der Waals surface area contributed by atoms with Crippen LogP contribution < -0.4 is 5.32 Å². The topological polar surface area (TPSA) is 58.6 Å². The van der Waals surface area contributed by atoms with Crippen molar-refractivity contribution in [1.82, 2.24) is 10.2 Å². The maximum absolute atomic E-state index is 12.8. The molecule has 3 fully saturated rings. The molecule has 118 valence electrons. The third-order valence-electron chi connectivity index (χ3n) is 5.29. The third kappa shape index (κ3) is 2.80. The van der Waals surface area contributed by atoms with Gasteiger partial charge in [0.15, 0.2) is 0 Å². The fraction of sp³-hybridized carbons (Fsp3) is 0.875. The van der Waals surface area contributed by atoms with E-state index < -0.39 is 5.54 Å². The molecule has 5 nitrogen and oxygen atoms in total. The first-order chi connectivity index (χ1) is 10.0. The van der Waals surface area contributed by atoms with E-state index >= 15 is 0 Å². The van der Waals surface area contributed by atoms with Crippen molar-refractivity contribution in [3.8, 4) is 0 Å². The Morgan fingerprint density at radius 2 is 2.05 bits per heavy atom. The van der Waals surface area contributed by atoms with E-state index in [2.05, 4.69) is 5.32 Å². The molecule has 3 atom stereocenters. The number of nitrogens with zero attached hydrogens (tertiary/aromatic N) is 1. The molecule has 21 heavy (non-hydrogen) atoms. The Morgan fingerprint density at radius 1 is 1.29 bits per heavy atom. The molecule has 3 rings (SSSR count). The van der Waals surface area contributed by atoms with Crippen molar-refractivity contribution in [2.45, 2.75) is 70.1 Å². The van der Waals surface area contributed by atoms with E-state index in [1.165, 1.54) is 6.42 Å². The van der Waals surface area contributed by atoms with Gasteiger partial charge in [-0.3, -0.25) is 9.59 Å². The Morgan fingerprint density at radius 3 is 2.67 bits per heavy atom. The minimum atomic E-state index is -0.684. The Labute approximate surface area is 126 Å². The molecule has 1 aliphatic carbocycles. The van der Waals surface area contributed by atoms with Gasteiger partial charge in [-0.2, -0.15) is 0 Å². The molecule has 3 unspecified atom stereocenters. The summed E-state index contributed by atoms with van der Waals surface area (Å²) < 4.78 is 5.74. The van der Waals surface area contributed by atoms with Crippen LogP contribution in [0.25, 0.3) is 0 Å². The predicted molar refractivity (Wildman–Crippen MR) is 78.7 cm³/mol. The van der Waals surface area contributed by atoms with Crippen LogP contribution in [0.15, 0.2) is 0 Å². The molecule has 2 amide bonds. The second-order valence-corrected chi connectivity index (χ2v) is 6.92. The van der Waals surface area contributed by atoms with Gasteiger partial charge in [0.1, 0.15) is 11.6 Å². The monoisotopic (exact) mass is 294 g/mol. The molecule has 0 bridgehead atoms. The summed E-state index contributed by atoms with van der Waals surface area (Å²) in [6, 6.07) is -0.368. The van der Waals surface area contributed by atoms with Crippen LogP contribution in [0.3, 0.4) is 0 Å². The predicted octanol–water partition coefficient (Wildman–Crippen LogP) is 1.46. The molecule has 0 aromatic rings. The molecule has 0 spiro atoms. The molecule has 3 aliphatic rings. The lowest BCUT2D eigenvalue weighted by molar-refractivity contribution is -0.155. The van der Waals surface area contributed by atoms with Crippen LogP contribution in [-0.2, 0) is 14.3 Å². The smallest absolute Gasteiger partial charge is 0.249 e. The lowest BCUT2D eigenvalue weighted by atomic mass is 9.89. The summed E-state index contributed by atoms with van der Waals surface area (Å²) in [4.78, 5) is 26.8. The fourth-order valence-corrected chi connectivity index (χ4v) is 3.58. The maximum atomic E-state index is 12.8. The van der Waals surface area contributed by atoms with Gasteiger partial charge in [0.25, 0.3) is 0 Å². The first-order valence-electron chi connectivity index (χ1n) is 8.27. The van der Waals surface area contributed by atoms with Crippen molar-refractivity contribution in [2.24, 2.45) is 5.92 Å². The average molecular weight is 294 g/mol. The number of amides is 2. The highest BCUT2D eigenvalue weighted by Gasteiger charge is 2.54.